The highest BCUT2D eigenvalue weighted by Crippen LogP contribution is 2.37. The Morgan fingerprint density at radius 1 is 1.25 bits per heavy atom. The van der Waals surface area contributed by atoms with E-state index in [1.165, 1.54) is 0 Å². The van der Waals surface area contributed by atoms with Crippen LogP contribution in [0.2, 0.25) is 0 Å². The third kappa shape index (κ3) is 3.50. The number of hydrogen-bond acceptors (Lipinski definition) is 4. The molecule has 1 heterocycles. The summed E-state index contributed by atoms with van der Waals surface area (Å²) >= 11 is 0. The molecule has 0 atom stereocenters. The molecule has 0 saturated carbocycles. The predicted molar refractivity (Wildman–Crippen MR) is 109 cm³/mol. The SMILES string of the molecule is CCCCOc1c(C(=O)c2ccc3c(c2C)C(=O)C(C)(C)CC3)cnn1CC. The van der Waals surface area contributed by atoms with Crippen LogP contribution in [0.1, 0.15) is 84.4 Å². The van der Waals surface area contributed by atoms with E-state index >= 15 is 0 Å². The van der Waals surface area contributed by atoms with Crippen LogP contribution >= 0.6 is 0 Å². The molecule has 2 aromatic rings. The molecule has 1 aliphatic carbocycles. The molecule has 1 aromatic carbocycles. The quantitative estimate of drug-likeness (QED) is 0.511. The average molecular weight is 383 g/mol. The lowest BCUT2D eigenvalue weighted by molar-refractivity contribution is 0.0810. The van der Waals surface area contributed by atoms with E-state index in [2.05, 4.69) is 12.0 Å². The van der Waals surface area contributed by atoms with Gasteiger partial charge in [0.1, 0.15) is 5.56 Å². The normalized spacial score (nSPS) is 15.4. The van der Waals surface area contributed by atoms with Gasteiger partial charge in [-0.25, -0.2) is 4.68 Å². The number of unbranched alkanes of at least 4 members (excludes halogenated alkanes) is 1. The van der Waals surface area contributed by atoms with Crippen LogP contribution in [0.5, 0.6) is 5.88 Å². The van der Waals surface area contributed by atoms with Crippen LogP contribution in [0.3, 0.4) is 0 Å². The first-order chi connectivity index (χ1) is 13.3. The molecule has 0 N–H and O–H groups in total. The van der Waals surface area contributed by atoms with Gasteiger partial charge in [0.05, 0.1) is 12.8 Å². The molecule has 0 aliphatic heterocycles. The van der Waals surface area contributed by atoms with E-state index in [4.69, 9.17) is 4.74 Å². The molecular formula is C23H30N2O3. The van der Waals surface area contributed by atoms with E-state index in [0.29, 0.717) is 30.2 Å². The Morgan fingerprint density at radius 2 is 2.00 bits per heavy atom. The lowest BCUT2D eigenvalue weighted by Gasteiger charge is -2.31. The summed E-state index contributed by atoms with van der Waals surface area (Å²) in [7, 11) is 0. The smallest absolute Gasteiger partial charge is 0.223 e. The molecule has 28 heavy (non-hydrogen) atoms. The fraction of sp³-hybridized carbons (Fsp3) is 0.522. The number of rotatable bonds is 7. The monoisotopic (exact) mass is 382 g/mol. The van der Waals surface area contributed by atoms with Gasteiger partial charge in [0.2, 0.25) is 5.88 Å². The summed E-state index contributed by atoms with van der Waals surface area (Å²) in [6, 6.07) is 3.78. The summed E-state index contributed by atoms with van der Waals surface area (Å²) in [6.07, 6.45) is 5.22. The molecule has 0 saturated heterocycles. The Balaban J connectivity index is 2.02. The topological polar surface area (TPSA) is 61.2 Å². The van der Waals surface area contributed by atoms with Crippen molar-refractivity contribution in [3.63, 3.8) is 0 Å². The number of Topliss-reactive ketones (excluding diaryl/α,β-unsaturated/α-hetero) is 1. The molecule has 0 bridgehead atoms. The van der Waals surface area contributed by atoms with E-state index in [1.54, 1.807) is 10.9 Å². The zero-order valence-corrected chi connectivity index (χ0v) is 17.6. The van der Waals surface area contributed by atoms with Crippen molar-refractivity contribution < 1.29 is 14.3 Å². The van der Waals surface area contributed by atoms with Gasteiger partial charge in [-0.1, -0.05) is 39.3 Å². The number of aryl methyl sites for hydroxylation is 2. The third-order valence-corrected chi connectivity index (χ3v) is 5.73. The summed E-state index contributed by atoms with van der Waals surface area (Å²) in [5.41, 5.74) is 3.16. The van der Waals surface area contributed by atoms with Gasteiger partial charge in [-0.2, -0.15) is 5.10 Å². The van der Waals surface area contributed by atoms with Gasteiger partial charge in [-0.05, 0) is 44.2 Å². The van der Waals surface area contributed by atoms with Gasteiger partial charge >= 0.3 is 0 Å². The van der Waals surface area contributed by atoms with Gasteiger partial charge in [0.25, 0.3) is 0 Å². The highest BCUT2D eigenvalue weighted by molar-refractivity contribution is 6.14. The van der Waals surface area contributed by atoms with Gasteiger partial charge < -0.3 is 4.74 Å². The molecule has 1 aliphatic rings. The predicted octanol–water partition coefficient (Wildman–Crippen LogP) is 4.78. The first-order valence-electron chi connectivity index (χ1n) is 10.2. The maximum absolute atomic E-state index is 13.4. The number of carbonyl (C=O) groups excluding carboxylic acids is 2. The molecule has 0 amide bonds. The second-order valence-electron chi connectivity index (χ2n) is 8.20. The van der Waals surface area contributed by atoms with Crippen molar-refractivity contribution in [2.24, 2.45) is 5.41 Å². The Labute approximate surface area is 167 Å². The molecule has 5 nitrogen and oxygen atoms in total. The summed E-state index contributed by atoms with van der Waals surface area (Å²) in [6.45, 7) is 11.1. The van der Waals surface area contributed by atoms with Crippen LogP contribution < -0.4 is 4.74 Å². The van der Waals surface area contributed by atoms with Gasteiger partial charge in [-0.3, -0.25) is 9.59 Å². The van der Waals surface area contributed by atoms with Crippen LogP contribution in [0.25, 0.3) is 0 Å². The number of benzene rings is 1. The number of fused-ring (bicyclic) bond motifs is 1. The number of hydrogen-bond donors (Lipinski definition) is 0. The van der Waals surface area contributed by atoms with Crippen molar-refractivity contribution in [2.75, 3.05) is 6.61 Å². The largest absolute Gasteiger partial charge is 0.477 e. The van der Waals surface area contributed by atoms with Crippen molar-refractivity contribution in [3.8, 4) is 5.88 Å². The molecule has 0 radical (unpaired) electrons. The molecule has 0 unspecified atom stereocenters. The number of ketones is 2. The minimum atomic E-state index is -0.388. The van der Waals surface area contributed by atoms with E-state index in [0.717, 1.165) is 42.4 Å². The second-order valence-corrected chi connectivity index (χ2v) is 8.20. The van der Waals surface area contributed by atoms with Crippen LogP contribution in [0.15, 0.2) is 18.3 Å². The molecule has 0 spiro atoms. The molecule has 150 valence electrons. The zero-order chi connectivity index (χ0) is 20.5. The fourth-order valence-electron chi connectivity index (χ4n) is 3.80. The van der Waals surface area contributed by atoms with E-state index < -0.39 is 0 Å². The summed E-state index contributed by atoms with van der Waals surface area (Å²) in [4.78, 5) is 26.4. The zero-order valence-electron chi connectivity index (χ0n) is 17.6. The third-order valence-electron chi connectivity index (χ3n) is 5.73. The maximum Gasteiger partial charge on any atom is 0.223 e. The summed E-state index contributed by atoms with van der Waals surface area (Å²) in [5.74, 6) is 0.511. The van der Waals surface area contributed by atoms with Gasteiger partial charge in [0, 0.05) is 23.1 Å². The second kappa shape index (κ2) is 7.90. The van der Waals surface area contributed by atoms with Crippen LogP contribution in [-0.4, -0.2) is 28.0 Å². The highest BCUT2D eigenvalue weighted by Gasteiger charge is 2.36. The van der Waals surface area contributed by atoms with Crippen LogP contribution in [0.4, 0.5) is 0 Å². The van der Waals surface area contributed by atoms with E-state index in [9.17, 15) is 9.59 Å². The van der Waals surface area contributed by atoms with Crippen molar-refractivity contribution >= 4 is 11.6 Å². The van der Waals surface area contributed by atoms with Crippen molar-refractivity contribution in [1.29, 1.82) is 0 Å². The lowest BCUT2D eigenvalue weighted by Crippen LogP contribution is -2.31. The molecule has 1 aromatic heterocycles. The number of nitrogens with zero attached hydrogens (tertiary/aromatic N) is 2. The highest BCUT2D eigenvalue weighted by atomic mass is 16.5. The maximum atomic E-state index is 13.4. The average Bonchev–Trinajstić information content (AvgIpc) is 3.07. The minimum absolute atomic E-state index is 0.129. The minimum Gasteiger partial charge on any atom is -0.477 e. The first-order valence-corrected chi connectivity index (χ1v) is 10.2. The number of ether oxygens (including phenoxy) is 1. The summed E-state index contributed by atoms with van der Waals surface area (Å²) in [5, 5.41) is 4.32. The fourth-order valence-corrected chi connectivity index (χ4v) is 3.80. The number of carbonyl (C=O) groups is 2. The Kier molecular flexibility index (Phi) is 5.73. The van der Waals surface area contributed by atoms with Crippen molar-refractivity contribution in [3.05, 3.63) is 46.1 Å². The van der Waals surface area contributed by atoms with Crippen molar-refractivity contribution in [1.82, 2.24) is 9.78 Å². The van der Waals surface area contributed by atoms with Gasteiger partial charge in [-0.15, -0.1) is 0 Å². The van der Waals surface area contributed by atoms with E-state index in [-0.39, 0.29) is 17.0 Å². The first kappa shape index (κ1) is 20.3. The molecule has 3 rings (SSSR count). The van der Waals surface area contributed by atoms with Gasteiger partial charge in [0.15, 0.2) is 11.6 Å². The van der Waals surface area contributed by atoms with Crippen LogP contribution in [0, 0.1) is 12.3 Å². The molecule has 0 fully saturated rings. The van der Waals surface area contributed by atoms with Crippen molar-refractivity contribution in [2.45, 2.75) is 66.8 Å². The molecular weight excluding hydrogens is 352 g/mol. The van der Waals surface area contributed by atoms with Crippen LogP contribution in [-0.2, 0) is 13.0 Å². The standard InChI is InChI=1S/C23H30N2O3/c1-6-8-13-28-22-18(14-24-25(22)7-2)20(26)17-10-9-16-11-12-23(4,5)21(27)19(16)15(17)3/h9-10,14H,6-8,11-13H2,1-5H3. The number of aromatic nitrogens is 2. The Hall–Kier alpha value is -2.43. The Morgan fingerprint density at radius 3 is 2.68 bits per heavy atom. The lowest BCUT2D eigenvalue weighted by atomic mass is 9.71. The molecule has 5 heteroatoms. The Bertz CT molecular complexity index is 909. The van der Waals surface area contributed by atoms with E-state index in [1.807, 2.05) is 39.8 Å². The summed E-state index contributed by atoms with van der Waals surface area (Å²) < 4.78 is 7.61.